The fourth-order valence-electron chi connectivity index (χ4n) is 1.92. The molecule has 5 nitrogen and oxygen atoms in total. The summed E-state index contributed by atoms with van der Waals surface area (Å²) in [4.78, 5) is 0.884. The minimum atomic E-state index is -1.33. The van der Waals surface area contributed by atoms with E-state index in [0.717, 1.165) is 10.5 Å². The van der Waals surface area contributed by atoms with Crippen LogP contribution in [0.1, 0.15) is 5.56 Å². The van der Waals surface area contributed by atoms with Gasteiger partial charge in [-0.1, -0.05) is 29.5 Å². The van der Waals surface area contributed by atoms with Crippen molar-refractivity contribution in [2.45, 2.75) is 41.7 Å². The summed E-state index contributed by atoms with van der Waals surface area (Å²) in [6.07, 6.45) is -4.70. The van der Waals surface area contributed by atoms with Crippen molar-refractivity contribution in [2.75, 3.05) is 6.61 Å². The SMILES string of the molecule is Cc1ccc(S[C@H]2O[C@H](CO)[C@@H](O)[C@H](O)[C@@H]2O)cc1. The van der Waals surface area contributed by atoms with Gasteiger partial charge in [0.2, 0.25) is 0 Å². The van der Waals surface area contributed by atoms with Gasteiger partial charge in [-0.05, 0) is 19.1 Å². The molecule has 0 aromatic heterocycles. The molecule has 1 heterocycles. The van der Waals surface area contributed by atoms with Gasteiger partial charge >= 0.3 is 0 Å². The van der Waals surface area contributed by atoms with Crippen LogP contribution < -0.4 is 0 Å². The van der Waals surface area contributed by atoms with Crippen LogP contribution in [-0.2, 0) is 4.74 Å². The van der Waals surface area contributed by atoms with E-state index in [1.165, 1.54) is 11.8 Å². The predicted molar refractivity (Wildman–Crippen MR) is 70.8 cm³/mol. The number of hydrogen-bond acceptors (Lipinski definition) is 6. The van der Waals surface area contributed by atoms with Crippen molar-refractivity contribution < 1.29 is 25.2 Å². The monoisotopic (exact) mass is 286 g/mol. The van der Waals surface area contributed by atoms with Gasteiger partial charge < -0.3 is 25.2 Å². The number of ether oxygens (including phenoxy) is 1. The Morgan fingerprint density at radius 1 is 1.05 bits per heavy atom. The van der Waals surface area contributed by atoms with Crippen LogP contribution in [0.5, 0.6) is 0 Å². The molecule has 106 valence electrons. The van der Waals surface area contributed by atoms with Crippen LogP contribution in [0.2, 0.25) is 0 Å². The highest BCUT2D eigenvalue weighted by Gasteiger charge is 2.43. The molecule has 0 unspecified atom stereocenters. The number of thioether (sulfide) groups is 1. The highest BCUT2D eigenvalue weighted by atomic mass is 32.2. The van der Waals surface area contributed by atoms with E-state index in [9.17, 15) is 15.3 Å². The summed E-state index contributed by atoms with van der Waals surface area (Å²) >= 11 is 1.25. The van der Waals surface area contributed by atoms with Gasteiger partial charge in [0.1, 0.15) is 29.9 Å². The lowest BCUT2D eigenvalue weighted by atomic mass is 10.0. The summed E-state index contributed by atoms with van der Waals surface area (Å²) in [5.41, 5.74) is 0.399. The second-order valence-electron chi connectivity index (χ2n) is 4.63. The third-order valence-electron chi connectivity index (χ3n) is 3.12. The van der Waals surface area contributed by atoms with Crippen LogP contribution in [0.3, 0.4) is 0 Å². The molecular formula is C13H18O5S. The van der Waals surface area contributed by atoms with E-state index >= 15 is 0 Å². The Morgan fingerprint density at radius 2 is 1.68 bits per heavy atom. The van der Waals surface area contributed by atoms with E-state index in [1.54, 1.807) is 0 Å². The molecular weight excluding hydrogens is 268 g/mol. The van der Waals surface area contributed by atoms with Crippen LogP contribution in [-0.4, -0.2) is 56.9 Å². The Balaban J connectivity index is 2.08. The maximum atomic E-state index is 9.90. The van der Waals surface area contributed by atoms with Gasteiger partial charge in [0, 0.05) is 4.90 Å². The van der Waals surface area contributed by atoms with Crippen LogP contribution in [0, 0.1) is 6.92 Å². The lowest BCUT2D eigenvalue weighted by Gasteiger charge is -2.39. The molecule has 2 rings (SSSR count). The van der Waals surface area contributed by atoms with Gasteiger partial charge in [-0.25, -0.2) is 0 Å². The summed E-state index contributed by atoms with van der Waals surface area (Å²) in [6, 6.07) is 7.65. The standard InChI is InChI=1S/C13H18O5S/c1-7-2-4-8(5-3-7)19-13-12(17)11(16)10(15)9(6-14)18-13/h2-5,9-17H,6H2,1H3/t9-,10-,11+,12+,13-/m1/s1. The zero-order chi connectivity index (χ0) is 14.0. The molecule has 1 aliphatic heterocycles. The van der Waals surface area contributed by atoms with Gasteiger partial charge in [-0.15, -0.1) is 0 Å². The fourth-order valence-corrected chi connectivity index (χ4v) is 2.98. The Hall–Kier alpha value is -0.630. The molecule has 1 aromatic carbocycles. The topological polar surface area (TPSA) is 90.2 Å². The molecule has 0 radical (unpaired) electrons. The summed E-state index contributed by atoms with van der Waals surface area (Å²) in [5.74, 6) is 0. The predicted octanol–water partition coefficient (Wildman–Crippen LogP) is -0.113. The van der Waals surface area contributed by atoms with Crippen molar-refractivity contribution >= 4 is 11.8 Å². The van der Waals surface area contributed by atoms with Gasteiger partial charge in [0.15, 0.2) is 0 Å². The molecule has 6 heteroatoms. The van der Waals surface area contributed by atoms with Crippen molar-refractivity contribution in [1.82, 2.24) is 0 Å². The summed E-state index contributed by atoms with van der Waals surface area (Å²) in [7, 11) is 0. The number of aliphatic hydroxyl groups is 4. The third kappa shape index (κ3) is 3.28. The second kappa shape index (κ2) is 6.21. The van der Waals surface area contributed by atoms with Crippen LogP contribution in [0.25, 0.3) is 0 Å². The largest absolute Gasteiger partial charge is 0.394 e. The van der Waals surface area contributed by atoms with Gasteiger partial charge in [-0.2, -0.15) is 0 Å². The van der Waals surface area contributed by atoms with Crippen molar-refractivity contribution in [2.24, 2.45) is 0 Å². The average Bonchev–Trinajstić information content (AvgIpc) is 2.42. The fraction of sp³-hybridized carbons (Fsp3) is 0.538. The lowest BCUT2D eigenvalue weighted by molar-refractivity contribution is -0.205. The first kappa shape index (κ1) is 14.8. The van der Waals surface area contributed by atoms with Crippen LogP contribution in [0.15, 0.2) is 29.2 Å². The molecule has 0 aliphatic carbocycles. The van der Waals surface area contributed by atoms with E-state index < -0.39 is 36.5 Å². The Morgan fingerprint density at radius 3 is 2.26 bits per heavy atom. The number of aliphatic hydroxyl groups excluding tert-OH is 4. The van der Waals surface area contributed by atoms with Crippen LogP contribution >= 0.6 is 11.8 Å². The zero-order valence-corrected chi connectivity index (χ0v) is 11.3. The Kier molecular flexibility index (Phi) is 4.83. The molecule has 0 saturated carbocycles. The maximum absolute atomic E-state index is 9.90. The molecule has 0 bridgehead atoms. The van der Waals surface area contributed by atoms with Gasteiger partial charge in [0.05, 0.1) is 6.61 Å². The summed E-state index contributed by atoms with van der Waals surface area (Å²) in [5, 5.41) is 38.4. The van der Waals surface area contributed by atoms with Crippen molar-refractivity contribution in [3.8, 4) is 0 Å². The first-order chi connectivity index (χ1) is 9.02. The normalized spacial score (nSPS) is 35.3. The number of hydrogen-bond donors (Lipinski definition) is 4. The Bertz CT molecular complexity index is 408. The van der Waals surface area contributed by atoms with Crippen LogP contribution in [0.4, 0.5) is 0 Å². The maximum Gasteiger partial charge on any atom is 0.136 e. The van der Waals surface area contributed by atoms with Crippen molar-refractivity contribution in [3.05, 3.63) is 29.8 Å². The summed E-state index contributed by atoms with van der Waals surface area (Å²) in [6.45, 7) is 1.57. The van der Waals surface area contributed by atoms with E-state index in [1.807, 2.05) is 31.2 Å². The molecule has 0 amide bonds. The number of rotatable bonds is 3. The number of benzene rings is 1. The molecule has 1 aromatic rings. The molecule has 1 aliphatic rings. The zero-order valence-electron chi connectivity index (χ0n) is 10.5. The highest BCUT2D eigenvalue weighted by molar-refractivity contribution is 7.99. The smallest absolute Gasteiger partial charge is 0.136 e. The van der Waals surface area contributed by atoms with E-state index in [2.05, 4.69) is 0 Å². The van der Waals surface area contributed by atoms with E-state index in [0.29, 0.717) is 0 Å². The number of aryl methyl sites for hydroxylation is 1. The molecule has 5 atom stereocenters. The van der Waals surface area contributed by atoms with Crippen molar-refractivity contribution in [1.29, 1.82) is 0 Å². The highest BCUT2D eigenvalue weighted by Crippen LogP contribution is 2.33. The molecule has 0 spiro atoms. The van der Waals surface area contributed by atoms with Gasteiger partial charge in [-0.3, -0.25) is 0 Å². The molecule has 1 saturated heterocycles. The second-order valence-corrected chi connectivity index (χ2v) is 5.80. The molecule has 1 fully saturated rings. The first-order valence-electron chi connectivity index (χ1n) is 6.07. The third-order valence-corrected chi connectivity index (χ3v) is 4.29. The minimum Gasteiger partial charge on any atom is -0.394 e. The van der Waals surface area contributed by atoms with Crippen molar-refractivity contribution in [3.63, 3.8) is 0 Å². The van der Waals surface area contributed by atoms with Gasteiger partial charge in [0.25, 0.3) is 0 Å². The first-order valence-corrected chi connectivity index (χ1v) is 6.94. The molecule has 4 N–H and O–H groups in total. The average molecular weight is 286 g/mol. The quantitative estimate of drug-likeness (QED) is 0.620. The minimum absolute atomic E-state index is 0.407. The summed E-state index contributed by atoms with van der Waals surface area (Å²) < 4.78 is 5.42. The van der Waals surface area contributed by atoms with E-state index in [4.69, 9.17) is 9.84 Å². The lowest BCUT2D eigenvalue weighted by Crippen LogP contribution is -2.57. The Labute approximate surface area is 115 Å². The van der Waals surface area contributed by atoms with E-state index in [-0.39, 0.29) is 0 Å². The molecule has 19 heavy (non-hydrogen) atoms.